The van der Waals surface area contributed by atoms with Gasteiger partial charge in [0.05, 0.1) is 10.2 Å². The lowest BCUT2D eigenvalue weighted by molar-refractivity contribution is 1.03. The molecule has 0 saturated carbocycles. The van der Waals surface area contributed by atoms with Crippen LogP contribution in [-0.2, 0) is 5.75 Å². The van der Waals surface area contributed by atoms with Gasteiger partial charge < -0.3 is 5.73 Å². The predicted molar refractivity (Wildman–Crippen MR) is 75.2 cm³/mol. The van der Waals surface area contributed by atoms with Gasteiger partial charge in [-0.15, -0.1) is 11.8 Å². The van der Waals surface area contributed by atoms with Crippen LogP contribution >= 0.6 is 39.3 Å². The van der Waals surface area contributed by atoms with Crippen molar-refractivity contribution in [3.63, 3.8) is 0 Å². The van der Waals surface area contributed by atoms with E-state index in [0.29, 0.717) is 17.4 Å². The minimum Gasteiger partial charge on any atom is -0.383 e. The Kier molecular flexibility index (Phi) is 4.25. The van der Waals surface area contributed by atoms with Gasteiger partial charge in [0.25, 0.3) is 0 Å². The molecule has 0 aliphatic rings. The number of hydrogen-bond acceptors (Lipinski definition) is 4. The Hall–Kier alpha value is -0.780. The van der Waals surface area contributed by atoms with Crippen molar-refractivity contribution in [2.24, 2.45) is 0 Å². The Bertz CT molecular complexity index is 519. The van der Waals surface area contributed by atoms with Gasteiger partial charge in [0, 0.05) is 16.1 Å². The zero-order chi connectivity index (χ0) is 12.3. The first-order chi connectivity index (χ1) is 8.15. The van der Waals surface area contributed by atoms with Gasteiger partial charge in [0.15, 0.2) is 0 Å². The van der Waals surface area contributed by atoms with Crippen LogP contribution in [0, 0.1) is 0 Å². The lowest BCUT2D eigenvalue weighted by atomic mass is 10.4. The van der Waals surface area contributed by atoms with E-state index in [2.05, 4.69) is 25.9 Å². The highest BCUT2D eigenvalue weighted by Crippen LogP contribution is 2.24. The van der Waals surface area contributed by atoms with Crippen LogP contribution in [-0.4, -0.2) is 9.97 Å². The number of rotatable bonds is 3. The zero-order valence-electron chi connectivity index (χ0n) is 8.73. The maximum absolute atomic E-state index is 5.81. The fraction of sp³-hybridized carbons (Fsp3) is 0.0909. The van der Waals surface area contributed by atoms with E-state index in [1.54, 1.807) is 18.0 Å². The first-order valence-corrected chi connectivity index (χ1v) is 6.96. The molecule has 0 spiro atoms. The smallest absolute Gasteiger partial charge is 0.141 e. The fourth-order valence-electron chi connectivity index (χ4n) is 1.17. The zero-order valence-corrected chi connectivity index (χ0v) is 11.9. The highest BCUT2D eigenvalue weighted by Gasteiger charge is 2.02. The summed E-state index contributed by atoms with van der Waals surface area (Å²) >= 11 is 10.7. The maximum Gasteiger partial charge on any atom is 0.141 e. The van der Waals surface area contributed by atoms with Crippen molar-refractivity contribution in [1.82, 2.24) is 9.97 Å². The second kappa shape index (κ2) is 5.71. The van der Waals surface area contributed by atoms with Crippen LogP contribution < -0.4 is 5.73 Å². The number of halogens is 2. The Labute approximate surface area is 117 Å². The Balaban J connectivity index is 2.02. The molecule has 2 aromatic rings. The Morgan fingerprint density at radius 3 is 2.65 bits per heavy atom. The van der Waals surface area contributed by atoms with Crippen LogP contribution in [0.5, 0.6) is 0 Å². The summed E-state index contributed by atoms with van der Waals surface area (Å²) in [5.74, 6) is 1.86. The number of nitrogens with two attached hydrogens (primary N) is 1. The molecule has 3 nitrogen and oxygen atoms in total. The molecule has 88 valence electrons. The number of aromatic nitrogens is 2. The second-order valence-electron chi connectivity index (χ2n) is 3.26. The van der Waals surface area contributed by atoms with E-state index in [4.69, 9.17) is 17.3 Å². The van der Waals surface area contributed by atoms with Gasteiger partial charge in [-0.05, 0) is 40.2 Å². The molecule has 0 amide bonds. The maximum atomic E-state index is 5.81. The minimum atomic E-state index is 0.465. The first kappa shape index (κ1) is 12.7. The SMILES string of the molecule is Nc1nc(CSc2ccc(Cl)cc2)ncc1Br. The summed E-state index contributed by atoms with van der Waals surface area (Å²) in [6, 6.07) is 7.66. The van der Waals surface area contributed by atoms with Crippen LogP contribution in [0.25, 0.3) is 0 Å². The fourth-order valence-corrected chi connectivity index (χ4v) is 2.25. The summed E-state index contributed by atoms with van der Waals surface area (Å²) in [5, 5.41) is 0.735. The number of nitrogens with zero attached hydrogens (tertiary/aromatic N) is 2. The number of anilines is 1. The van der Waals surface area contributed by atoms with Crippen molar-refractivity contribution in [2.45, 2.75) is 10.6 Å². The standard InChI is InChI=1S/C11H9BrClN3S/c12-9-5-15-10(16-11(9)14)6-17-8-3-1-7(13)2-4-8/h1-5H,6H2,(H2,14,15,16). The molecular formula is C11H9BrClN3S. The third-order valence-corrected chi connectivity index (χ3v) is 3.87. The van der Waals surface area contributed by atoms with Crippen molar-refractivity contribution in [1.29, 1.82) is 0 Å². The van der Waals surface area contributed by atoms with E-state index >= 15 is 0 Å². The lowest BCUT2D eigenvalue weighted by Gasteiger charge is -2.03. The van der Waals surface area contributed by atoms with E-state index < -0.39 is 0 Å². The molecule has 1 aromatic carbocycles. The van der Waals surface area contributed by atoms with E-state index in [9.17, 15) is 0 Å². The van der Waals surface area contributed by atoms with Crippen LogP contribution in [0.4, 0.5) is 5.82 Å². The molecule has 0 saturated heterocycles. The van der Waals surface area contributed by atoms with Gasteiger partial charge in [-0.3, -0.25) is 0 Å². The molecule has 0 atom stereocenters. The second-order valence-corrected chi connectivity index (χ2v) is 5.60. The molecule has 0 radical (unpaired) electrons. The van der Waals surface area contributed by atoms with Crippen molar-refractivity contribution in [2.75, 3.05) is 5.73 Å². The van der Waals surface area contributed by atoms with E-state index in [-0.39, 0.29) is 0 Å². The molecule has 0 bridgehead atoms. The molecule has 2 rings (SSSR count). The van der Waals surface area contributed by atoms with Gasteiger partial charge in [0.2, 0.25) is 0 Å². The summed E-state index contributed by atoms with van der Waals surface area (Å²) in [7, 11) is 0. The van der Waals surface area contributed by atoms with Crippen LogP contribution in [0.2, 0.25) is 5.02 Å². The van der Waals surface area contributed by atoms with Crippen molar-refractivity contribution < 1.29 is 0 Å². The number of nitrogen functional groups attached to an aromatic ring is 1. The molecule has 0 aliphatic carbocycles. The first-order valence-electron chi connectivity index (χ1n) is 4.80. The Morgan fingerprint density at radius 2 is 2.00 bits per heavy atom. The highest BCUT2D eigenvalue weighted by atomic mass is 79.9. The molecule has 0 fully saturated rings. The summed E-state index contributed by atoms with van der Waals surface area (Å²) in [5.41, 5.74) is 5.68. The summed E-state index contributed by atoms with van der Waals surface area (Å²) < 4.78 is 0.720. The van der Waals surface area contributed by atoms with Gasteiger partial charge in [-0.2, -0.15) is 0 Å². The molecular weight excluding hydrogens is 322 g/mol. The van der Waals surface area contributed by atoms with E-state index in [1.807, 2.05) is 24.3 Å². The third kappa shape index (κ3) is 3.59. The monoisotopic (exact) mass is 329 g/mol. The number of benzene rings is 1. The largest absolute Gasteiger partial charge is 0.383 e. The molecule has 0 unspecified atom stereocenters. The quantitative estimate of drug-likeness (QED) is 0.870. The average Bonchev–Trinajstić information content (AvgIpc) is 2.33. The van der Waals surface area contributed by atoms with Crippen LogP contribution in [0.1, 0.15) is 5.82 Å². The molecule has 1 heterocycles. The third-order valence-electron chi connectivity index (χ3n) is 2.00. The van der Waals surface area contributed by atoms with Gasteiger partial charge >= 0.3 is 0 Å². The highest BCUT2D eigenvalue weighted by molar-refractivity contribution is 9.10. The van der Waals surface area contributed by atoms with Crippen molar-refractivity contribution in [3.8, 4) is 0 Å². The van der Waals surface area contributed by atoms with Crippen molar-refractivity contribution >= 4 is 45.1 Å². The minimum absolute atomic E-state index is 0.465. The molecule has 17 heavy (non-hydrogen) atoms. The van der Waals surface area contributed by atoms with Crippen LogP contribution in [0.3, 0.4) is 0 Å². The van der Waals surface area contributed by atoms with E-state index in [1.165, 1.54) is 0 Å². The molecule has 0 aliphatic heterocycles. The molecule has 6 heteroatoms. The van der Waals surface area contributed by atoms with Gasteiger partial charge in [0.1, 0.15) is 11.6 Å². The topological polar surface area (TPSA) is 51.8 Å². The number of hydrogen-bond donors (Lipinski definition) is 1. The molecule has 1 aromatic heterocycles. The average molecular weight is 331 g/mol. The van der Waals surface area contributed by atoms with Gasteiger partial charge in [-0.1, -0.05) is 11.6 Å². The summed E-state index contributed by atoms with van der Waals surface area (Å²) in [4.78, 5) is 9.49. The number of thioether (sulfide) groups is 1. The normalized spacial score (nSPS) is 10.5. The summed E-state index contributed by atoms with van der Waals surface area (Å²) in [6.45, 7) is 0. The Morgan fingerprint density at radius 1 is 1.29 bits per heavy atom. The van der Waals surface area contributed by atoms with E-state index in [0.717, 1.165) is 14.4 Å². The summed E-state index contributed by atoms with van der Waals surface area (Å²) in [6.07, 6.45) is 1.67. The molecule has 2 N–H and O–H groups in total. The van der Waals surface area contributed by atoms with Crippen molar-refractivity contribution in [3.05, 3.63) is 45.8 Å². The predicted octanol–water partition coefficient (Wildman–Crippen LogP) is 3.77. The lowest BCUT2D eigenvalue weighted by Crippen LogP contribution is -1.98. The van der Waals surface area contributed by atoms with Gasteiger partial charge in [-0.25, -0.2) is 9.97 Å². The van der Waals surface area contributed by atoms with Crippen LogP contribution in [0.15, 0.2) is 39.8 Å².